The summed E-state index contributed by atoms with van der Waals surface area (Å²) in [5, 5.41) is 2.91. The maximum atomic E-state index is 13.5. The van der Waals surface area contributed by atoms with Crippen LogP contribution in [-0.2, 0) is 22.6 Å². The van der Waals surface area contributed by atoms with Crippen molar-refractivity contribution >= 4 is 11.8 Å². The van der Waals surface area contributed by atoms with Crippen LogP contribution in [0, 0.1) is 13.8 Å². The van der Waals surface area contributed by atoms with Gasteiger partial charge < -0.3 is 15.0 Å². The summed E-state index contributed by atoms with van der Waals surface area (Å²) in [5.74, 6) is 0.271. The van der Waals surface area contributed by atoms with Gasteiger partial charge in [-0.15, -0.1) is 0 Å². The second-order valence-electron chi connectivity index (χ2n) is 8.10. The van der Waals surface area contributed by atoms with Gasteiger partial charge in [-0.2, -0.15) is 0 Å². The van der Waals surface area contributed by atoms with Crippen LogP contribution in [0.2, 0.25) is 0 Å². The molecule has 1 atom stereocenters. The van der Waals surface area contributed by atoms with E-state index in [1.807, 2.05) is 99.6 Å². The van der Waals surface area contributed by atoms with Gasteiger partial charge in [0.1, 0.15) is 11.8 Å². The van der Waals surface area contributed by atoms with E-state index in [9.17, 15) is 9.59 Å². The van der Waals surface area contributed by atoms with E-state index in [2.05, 4.69) is 5.32 Å². The number of nitrogens with zero attached hydrogens (tertiary/aromatic N) is 1. The molecule has 0 fully saturated rings. The number of nitrogens with one attached hydrogen (secondary N) is 1. The number of carbonyl (C=O) groups excluding carboxylic acids is 2. The van der Waals surface area contributed by atoms with Gasteiger partial charge in [0.05, 0.1) is 0 Å². The van der Waals surface area contributed by atoms with E-state index in [4.69, 9.17) is 4.74 Å². The number of hydrogen-bond donors (Lipinski definition) is 1. The van der Waals surface area contributed by atoms with E-state index in [0.29, 0.717) is 25.3 Å². The van der Waals surface area contributed by atoms with E-state index >= 15 is 0 Å². The van der Waals surface area contributed by atoms with E-state index < -0.39 is 6.04 Å². The Morgan fingerprint density at radius 3 is 2.18 bits per heavy atom. The van der Waals surface area contributed by atoms with Gasteiger partial charge in [-0.3, -0.25) is 9.59 Å². The topological polar surface area (TPSA) is 58.6 Å². The molecule has 1 N–H and O–H groups in total. The highest BCUT2D eigenvalue weighted by Gasteiger charge is 2.30. The first-order valence-electron chi connectivity index (χ1n) is 11.3. The summed E-state index contributed by atoms with van der Waals surface area (Å²) in [6.45, 7) is 6.53. The Morgan fingerprint density at radius 2 is 1.52 bits per heavy atom. The zero-order valence-corrected chi connectivity index (χ0v) is 19.6. The highest BCUT2D eigenvalue weighted by molar-refractivity contribution is 5.88. The number of aryl methyl sites for hydroxylation is 2. The molecule has 0 radical (unpaired) electrons. The van der Waals surface area contributed by atoms with Gasteiger partial charge in [0.15, 0.2) is 6.61 Å². The second kappa shape index (κ2) is 11.9. The molecule has 0 bridgehead atoms. The first-order valence-corrected chi connectivity index (χ1v) is 11.3. The summed E-state index contributed by atoms with van der Waals surface area (Å²) in [5.41, 5.74) is 4.03. The molecule has 5 nitrogen and oxygen atoms in total. The molecule has 0 aliphatic rings. The van der Waals surface area contributed by atoms with Crippen LogP contribution in [0.25, 0.3) is 0 Å². The number of amides is 2. The molecule has 0 aliphatic heterocycles. The van der Waals surface area contributed by atoms with Crippen LogP contribution in [0.5, 0.6) is 5.75 Å². The first-order chi connectivity index (χ1) is 16.0. The number of ether oxygens (including phenoxy) is 1. The van der Waals surface area contributed by atoms with E-state index in [1.54, 1.807) is 4.90 Å². The van der Waals surface area contributed by atoms with Crippen molar-refractivity contribution in [1.29, 1.82) is 0 Å². The van der Waals surface area contributed by atoms with Crippen LogP contribution in [0.15, 0.2) is 78.9 Å². The molecule has 0 saturated carbocycles. The molecule has 3 aromatic rings. The first kappa shape index (κ1) is 24.1. The molecule has 0 spiro atoms. The summed E-state index contributed by atoms with van der Waals surface area (Å²) in [4.78, 5) is 28.3. The largest absolute Gasteiger partial charge is 0.484 e. The standard InChI is InChI=1S/C28H32N2O3/c1-4-29-28(32)25(18-23-14-6-5-7-15-23)30(19-24-16-10-8-12-21(24)2)27(31)20-33-26-17-11-9-13-22(26)3/h5-17,25H,4,18-20H2,1-3H3,(H,29,32). The Morgan fingerprint density at radius 1 is 0.879 bits per heavy atom. The molecule has 0 aromatic heterocycles. The lowest BCUT2D eigenvalue weighted by Gasteiger charge is -2.32. The fourth-order valence-electron chi connectivity index (χ4n) is 3.76. The van der Waals surface area contributed by atoms with Crippen LogP contribution in [0.1, 0.15) is 29.2 Å². The molecule has 33 heavy (non-hydrogen) atoms. The number of rotatable bonds is 10. The molecular formula is C28H32N2O3. The van der Waals surface area contributed by atoms with Crippen molar-refractivity contribution in [3.8, 4) is 5.75 Å². The summed E-state index contributed by atoms with van der Waals surface area (Å²) in [6.07, 6.45) is 0.425. The number of hydrogen-bond acceptors (Lipinski definition) is 3. The zero-order valence-electron chi connectivity index (χ0n) is 19.6. The third kappa shape index (κ3) is 6.69. The smallest absolute Gasteiger partial charge is 0.261 e. The number of likely N-dealkylation sites (N-methyl/N-ethyl adjacent to an activating group) is 1. The third-order valence-electron chi connectivity index (χ3n) is 5.67. The maximum absolute atomic E-state index is 13.5. The van der Waals surface area contributed by atoms with Crippen LogP contribution in [-0.4, -0.2) is 35.9 Å². The summed E-state index contributed by atoms with van der Waals surface area (Å²) in [6, 6.07) is 24.7. The number of para-hydroxylation sites is 1. The molecule has 5 heteroatoms. The molecule has 0 heterocycles. The van der Waals surface area contributed by atoms with Crippen molar-refractivity contribution in [2.75, 3.05) is 13.2 Å². The predicted octanol–water partition coefficient (Wildman–Crippen LogP) is 4.46. The fraction of sp³-hybridized carbons (Fsp3) is 0.286. The Hall–Kier alpha value is -3.60. The quantitative estimate of drug-likeness (QED) is 0.502. The monoisotopic (exact) mass is 444 g/mol. The highest BCUT2D eigenvalue weighted by Crippen LogP contribution is 2.19. The van der Waals surface area contributed by atoms with Crippen molar-refractivity contribution in [3.63, 3.8) is 0 Å². The Bertz CT molecular complexity index is 1070. The van der Waals surface area contributed by atoms with Crippen molar-refractivity contribution < 1.29 is 14.3 Å². The normalized spacial score (nSPS) is 11.5. The lowest BCUT2D eigenvalue weighted by molar-refractivity contribution is -0.142. The van der Waals surface area contributed by atoms with Gasteiger partial charge in [0.25, 0.3) is 5.91 Å². The van der Waals surface area contributed by atoms with Crippen LogP contribution >= 0.6 is 0 Å². The molecule has 0 saturated heterocycles. The average Bonchev–Trinajstić information content (AvgIpc) is 2.82. The van der Waals surface area contributed by atoms with E-state index in [1.165, 1.54) is 0 Å². The van der Waals surface area contributed by atoms with Gasteiger partial charge in [0.2, 0.25) is 5.91 Å². The average molecular weight is 445 g/mol. The molecule has 1 unspecified atom stereocenters. The van der Waals surface area contributed by atoms with Crippen LogP contribution < -0.4 is 10.1 Å². The van der Waals surface area contributed by atoms with E-state index in [-0.39, 0.29) is 18.4 Å². The lowest BCUT2D eigenvalue weighted by atomic mass is 10.0. The maximum Gasteiger partial charge on any atom is 0.261 e. The number of benzene rings is 3. The van der Waals surface area contributed by atoms with Crippen molar-refractivity contribution in [2.45, 2.75) is 39.8 Å². The minimum absolute atomic E-state index is 0.137. The molecule has 2 amide bonds. The van der Waals surface area contributed by atoms with Gasteiger partial charge in [-0.05, 0) is 49.1 Å². The molecule has 0 aliphatic carbocycles. The van der Waals surface area contributed by atoms with E-state index in [0.717, 1.165) is 22.3 Å². The predicted molar refractivity (Wildman–Crippen MR) is 131 cm³/mol. The molecule has 3 rings (SSSR count). The summed E-state index contributed by atoms with van der Waals surface area (Å²) >= 11 is 0. The minimum atomic E-state index is -0.653. The van der Waals surface area contributed by atoms with Crippen LogP contribution in [0.3, 0.4) is 0 Å². The zero-order chi connectivity index (χ0) is 23.6. The highest BCUT2D eigenvalue weighted by atomic mass is 16.5. The molecule has 3 aromatic carbocycles. The Labute approximate surface area is 196 Å². The van der Waals surface area contributed by atoms with Gasteiger partial charge >= 0.3 is 0 Å². The summed E-state index contributed by atoms with van der Waals surface area (Å²) in [7, 11) is 0. The van der Waals surface area contributed by atoms with Crippen molar-refractivity contribution in [2.24, 2.45) is 0 Å². The molecule has 172 valence electrons. The third-order valence-corrected chi connectivity index (χ3v) is 5.67. The summed E-state index contributed by atoms with van der Waals surface area (Å²) < 4.78 is 5.86. The Balaban J connectivity index is 1.91. The minimum Gasteiger partial charge on any atom is -0.484 e. The lowest BCUT2D eigenvalue weighted by Crippen LogP contribution is -2.51. The van der Waals surface area contributed by atoms with Gasteiger partial charge in [-0.1, -0.05) is 72.8 Å². The Kier molecular flexibility index (Phi) is 8.64. The van der Waals surface area contributed by atoms with Crippen LogP contribution in [0.4, 0.5) is 0 Å². The van der Waals surface area contributed by atoms with Crippen molar-refractivity contribution in [3.05, 3.63) is 101 Å². The number of carbonyl (C=O) groups is 2. The van der Waals surface area contributed by atoms with Gasteiger partial charge in [-0.25, -0.2) is 0 Å². The van der Waals surface area contributed by atoms with Crippen molar-refractivity contribution in [1.82, 2.24) is 10.2 Å². The SMILES string of the molecule is CCNC(=O)C(Cc1ccccc1)N(Cc1ccccc1C)C(=O)COc1ccccc1C. The fourth-order valence-corrected chi connectivity index (χ4v) is 3.76. The second-order valence-corrected chi connectivity index (χ2v) is 8.10. The van der Waals surface area contributed by atoms with Gasteiger partial charge in [0, 0.05) is 19.5 Å². The molecular weight excluding hydrogens is 412 g/mol.